The molecular formula is C30H26N4O4. The van der Waals surface area contributed by atoms with E-state index in [-0.39, 0.29) is 17.6 Å². The Morgan fingerprint density at radius 1 is 0.974 bits per heavy atom. The van der Waals surface area contributed by atoms with Gasteiger partial charge in [-0.25, -0.2) is 0 Å². The van der Waals surface area contributed by atoms with Crippen LogP contribution in [-0.4, -0.2) is 39.9 Å². The molecule has 0 bridgehead atoms. The van der Waals surface area contributed by atoms with Crippen molar-refractivity contribution in [2.45, 2.75) is 25.2 Å². The number of hydrogen-bond donors (Lipinski definition) is 1. The first-order valence-electron chi connectivity index (χ1n) is 12.7. The number of anilines is 1. The van der Waals surface area contributed by atoms with E-state index in [0.717, 1.165) is 35.0 Å². The predicted molar refractivity (Wildman–Crippen MR) is 143 cm³/mol. The molecule has 4 heterocycles. The second-order valence-electron chi connectivity index (χ2n) is 9.50. The Balaban J connectivity index is 1.02. The number of nitrogens with zero attached hydrogens (tertiary/aromatic N) is 3. The Kier molecular flexibility index (Phi) is 6.44. The fourth-order valence-electron chi connectivity index (χ4n) is 4.95. The van der Waals surface area contributed by atoms with Crippen molar-refractivity contribution < 1.29 is 18.5 Å². The topological polar surface area (TPSA) is 101 Å². The molecule has 0 saturated carbocycles. The molecule has 2 aromatic carbocycles. The average molecular weight is 507 g/mol. The van der Waals surface area contributed by atoms with Crippen LogP contribution in [0.15, 0.2) is 94.2 Å². The van der Waals surface area contributed by atoms with Crippen LogP contribution in [0.2, 0.25) is 0 Å². The van der Waals surface area contributed by atoms with Gasteiger partial charge in [0.1, 0.15) is 5.69 Å². The highest BCUT2D eigenvalue weighted by molar-refractivity contribution is 5.93. The summed E-state index contributed by atoms with van der Waals surface area (Å²) in [5.41, 5.74) is 4.35. The number of carbonyl (C=O) groups excluding carboxylic acids is 2. The largest absolute Gasteiger partial charge is 0.463 e. The van der Waals surface area contributed by atoms with Crippen molar-refractivity contribution in [3.8, 4) is 11.5 Å². The van der Waals surface area contributed by atoms with E-state index in [0.29, 0.717) is 36.9 Å². The second-order valence-corrected chi connectivity index (χ2v) is 9.50. The van der Waals surface area contributed by atoms with Crippen LogP contribution in [0.3, 0.4) is 0 Å². The highest BCUT2D eigenvalue weighted by Gasteiger charge is 2.27. The molecule has 1 saturated heterocycles. The van der Waals surface area contributed by atoms with Gasteiger partial charge in [-0.1, -0.05) is 29.4 Å². The van der Waals surface area contributed by atoms with Gasteiger partial charge in [0.2, 0.25) is 11.7 Å². The number of nitrogens with one attached hydrogen (secondary N) is 1. The summed E-state index contributed by atoms with van der Waals surface area (Å²) in [4.78, 5) is 31.6. The molecule has 8 nitrogen and oxygen atoms in total. The lowest BCUT2D eigenvalue weighted by Crippen LogP contribution is -2.37. The summed E-state index contributed by atoms with van der Waals surface area (Å²) in [5.74, 6) is 0.918. The minimum atomic E-state index is -0.158. The van der Waals surface area contributed by atoms with Crippen LogP contribution in [0, 0.1) is 0 Å². The van der Waals surface area contributed by atoms with Crippen LogP contribution in [0.5, 0.6) is 0 Å². The molecule has 3 aromatic heterocycles. The van der Waals surface area contributed by atoms with Crippen LogP contribution in [-0.2, 0) is 11.2 Å². The van der Waals surface area contributed by atoms with Gasteiger partial charge in [0.25, 0.3) is 5.91 Å². The van der Waals surface area contributed by atoms with Gasteiger partial charge in [-0.15, -0.1) is 0 Å². The first-order chi connectivity index (χ1) is 18.6. The minimum Gasteiger partial charge on any atom is -0.463 e. The van der Waals surface area contributed by atoms with E-state index in [1.54, 1.807) is 35.6 Å². The Morgan fingerprint density at radius 3 is 2.61 bits per heavy atom. The Hall–Kier alpha value is -4.72. The van der Waals surface area contributed by atoms with Crippen molar-refractivity contribution in [3.05, 3.63) is 102 Å². The van der Waals surface area contributed by atoms with Crippen molar-refractivity contribution in [2.75, 3.05) is 18.4 Å². The van der Waals surface area contributed by atoms with Gasteiger partial charge >= 0.3 is 0 Å². The SMILES string of the molecule is O=C(Cc1ccc2ncccc2c1)Nc1ccc(C2CCN(C(=O)c3cc(-c4ccco4)no3)CC2)cc1. The zero-order valence-corrected chi connectivity index (χ0v) is 20.7. The zero-order chi connectivity index (χ0) is 25.9. The van der Waals surface area contributed by atoms with Gasteiger partial charge in [0.15, 0.2) is 5.76 Å². The maximum absolute atomic E-state index is 12.9. The smallest absolute Gasteiger partial charge is 0.292 e. The van der Waals surface area contributed by atoms with Gasteiger partial charge in [0.05, 0.1) is 18.2 Å². The van der Waals surface area contributed by atoms with Crippen molar-refractivity contribution in [3.63, 3.8) is 0 Å². The van der Waals surface area contributed by atoms with Crippen molar-refractivity contribution >= 4 is 28.4 Å². The summed E-state index contributed by atoms with van der Waals surface area (Å²) in [5, 5.41) is 7.97. The Bertz CT molecular complexity index is 1570. The standard InChI is InChI=1S/C30H26N4O4/c35-29(18-20-5-10-25-23(17-20)3-1-13-31-25)32-24-8-6-21(7-9-24)22-11-14-34(15-12-22)30(36)28-19-26(33-38-28)27-4-2-16-37-27/h1-10,13,16-17,19,22H,11-12,14-15,18H2,(H,32,35). The normalized spacial score (nSPS) is 14.1. The second kappa shape index (κ2) is 10.3. The summed E-state index contributed by atoms with van der Waals surface area (Å²) in [6.45, 7) is 1.28. The molecule has 1 aliphatic heterocycles. The fourth-order valence-corrected chi connectivity index (χ4v) is 4.95. The number of rotatable bonds is 6. The van der Waals surface area contributed by atoms with Crippen molar-refractivity contribution in [1.29, 1.82) is 0 Å². The third-order valence-corrected chi connectivity index (χ3v) is 6.97. The van der Waals surface area contributed by atoms with Crippen LogP contribution in [0.1, 0.15) is 40.4 Å². The number of fused-ring (bicyclic) bond motifs is 1. The van der Waals surface area contributed by atoms with Crippen LogP contribution < -0.4 is 5.32 Å². The van der Waals surface area contributed by atoms with E-state index in [4.69, 9.17) is 8.94 Å². The number of piperidine rings is 1. The van der Waals surface area contributed by atoms with Crippen LogP contribution in [0.25, 0.3) is 22.4 Å². The summed E-state index contributed by atoms with van der Waals surface area (Å²) < 4.78 is 10.6. The monoisotopic (exact) mass is 506 g/mol. The number of benzene rings is 2. The molecule has 2 amide bonds. The van der Waals surface area contributed by atoms with Crippen molar-refractivity contribution in [1.82, 2.24) is 15.0 Å². The molecule has 1 N–H and O–H groups in total. The minimum absolute atomic E-state index is 0.0598. The zero-order valence-electron chi connectivity index (χ0n) is 20.7. The van der Waals surface area contributed by atoms with Gasteiger partial charge in [-0.3, -0.25) is 14.6 Å². The lowest BCUT2D eigenvalue weighted by Gasteiger charge is -2.31. The van der Waals surface area contributed by atoms with E-state index in [9.17, 15) is 9.59 Å². The number of furan rings is 1. The van der Waals surface area contributed by atoms with Gasteiger partial charge in [0, 0.05) is 36.4 Å². The number of amides is 2. The third kappa shape index (κ3) is 5.06. The summed E-state index contributed by atoms with van der Waals surface area (Å²) in [6.07, 6.45) is 5.33. The maximum atomic E-state index is 12.9. The van der Waals surface area contributed by atoms with Gasteiger partial charge in [-0.2, -0.15) is 0 Å². The van der Waals surface area contributed by atoms with Crippen LogP contribution >= 0.6 is 0 Å². The molecule has 0 unspecified atom stereocenters. The number of likely N-dealkylation sites (tertiary alicyclic amines) is 1. The van der Waals surface area contributed by atoms with E-state index >= 15 is 0 Å². The lowest BCUT2D eigenvalue weighted by atomic mass is 9.89. The molecule has 1 aliphatic rings. The number of carbonyl (C=O) groups is 2. The molecule has 0 radical (unpaired) electrons. The molecule has 0 atom stereocenters. The summed E-state index contributed by atoms with van der Waals surface area (Å²) in [6, 6.07) is 22.9. The third-order valence-electron chi connectivity index (χ3n) is 6.97. The molecule has 8 heteroatoms. The first-order valence-corrected chi connectivity index (χ1v) is 12.7. The first kappa shape index (κ1) is 23.7. The predicted octanol–water partition coefficient (Wildman–Crippen LogP) is 5.68. The molecular weight excluding hydrogens is 480 g/mol. The summed E-state index contributed by atoms with van der Waals surface area (Å²) in [7, 11) is 0. The Morgan fingerprint density at radius 2 is 1.82 bits per heavy atom. The van der Waals surface area contributed by atoms with Gasteiger partial charge in [-0.05, 0) is 72.4 Å². The quantitative estimate of drug-likeness (QED) is 0.318. The average Bonchev–Trinajstić information content (AvgIpc) is 3.66. The molecule has 190 valence electrons. The number of aromatic nitrogens is 2. The van der Waals surface area contributed by atoms with E-state index in [2.05, 4.69) is 27.6 Å². The summed E-state index contributed by atoms with van der Waals surface area (Å²) >= 11 is 0. The molecule has 6 rings (SSSR count). The number of pyridine rings is 1. The Labute approximate surface area is 219 Å². The highest BCUT2D eigenvalue weighted by Crippen LogP contribution is 2.30. The molecule has 38 heavy (non-hydrogen) atoms. The van der Waals surface area contributed by atoms with E-state index < -0.39 is 0 Å². The molecule has 0 spiro atoms. The van der Waals surface area contributed by atoms with E-state index in [1.165, 1.54) is 5.56 Å². The molecule has 1 fully saturated rings. The molecule has 0 aliphatic carbocycles. The maximum Gasteiger partial charge on any atom is 0.292 e. The molecule has 5 aromatic rings. The number of hydrogen-bond acceptors (Lipinski definition) is 6. The highest BCUT2D eigenvalue weighted by atomic mass is 16.5. The van der Waals surface area contributed by atoms with Crippen molar-refractivity contribution in [2.24, 2.45) is 0 Å². The lowest BCUT2D eigenvalue weighted by molar-refractivity contribution is -0.115. The van der Waals surface area contributed by atoms with Crippen LogP contribution in [0.4, 0.5) is 5.69 Å². The fraction of sp³-hybridized carbons (Fsp3) is 0.200. The van der Waals surface area contributed by atoms with Gasteiger partial charge < -0.3 is 19.2 Å². The van der Waals surface area contributed by atoms with E-state index in [1.807, 2.05) is 42.5 Å².